The quantitative estimate of drug-likeness (QED) is 0.699. The zero-order chi connectivity index (χ0) is 24.5. The number of carbonyl (C=O) groups is 1. The highest BCUT2D eigenvalue weighted by atomic mass is 16.5. The maximum absolute atomic E-state index is 13.7. The molecule has 0 radical (unpaired) electrons. The lowest BCUT2D eigenvalue weighted by Gasteiger charge is -2.62. The lowest BCUT2D eigenvalue weighted by atomic mass is 9.52. The van der Waals surface area contributed by atoms with Crippen molar-refractivity contribution in [1.82, 2.24) is 14.8 Å². The van der Waals surface area contributed by atoms with Crippen LogP contribution in [0.5, 0.6) is 5.75 Å². The van der Waals surface area contributed by atoms with E-state index in [2.05, 4.69) is 33.0 Å². The maximum Gasteiger partial charge on any atom is 0.229 e. The van der Waals surface area contributed by atoms with Crippen LogP contribution in [0, 0.1) is 5.92 Å². The van der Waals surface area contributed by atoms with Gasteiger partial charge in [0.25, 0.3) is 0 Å². The molecule has 7 rings (SSSR count). The number of amides is 1. The topological polar surface area (TPSA) is 65.9 Å². The molecule has 2 aliphatic heterocycles. The Morgan fingerprint density at radius 2 is 1.97 bits per heavy atom. The van der Waals surface area contributed by atoms with Crippen molar-refractivity contribution in [2.24, 2.45) is 5.92 Å². The molecule has 2 saturated heterocycles. The number of hydrogen-bond donors (Lipinski definition) is 1. The van der Waals surface area contributed by atoms with Crippen LogP contribution in [-0.4, -0.2) is 69.7 Å². The van der Waals surface area contributed by atoms with Crippen molar-refractivity contribution in [2.75, 3.05) is 26.7 Å². The van der Waals surface area contributed by atoms with Gasteiger partial charge in [0, 0.05) is 48.4 Å². The number of fused-ring (bicyclic) bond motifs is 1. The van der Waals surface area contributed by atoms with Gasteiger partial charge in [0.05, 0.1) is 19.1 Å². The third-order valence-corrected chi connectivity index (χ3v) is 10.2. The molecular weight excluding hydrogens is 450 g/mol. The third kappa shape index (κ3) is 3.37. The van der Waals surface area contributed by atoms with E-state index in [1.54, 1.807) is 13.3 Å². The standard InChI is InChI=1S/C30H37N3O3/c1-36-24-8-7-22-16-26-30(35)20-28(9-10-28)33(27(34)17-23-4-2-3-13-31-23)15-12-29(30,25(22)18-24)11-14-32(26)19-21-5-6-21/h2-4,7-8,13,18,21,26,35H,5-6,9-12,14-17,19-20H2,1H3/t26-,29-,30-/m1/s1. The average molecular weight is 488 g/mol. The van der Waals surface area contributed by atoms with Gasteiger partial charge < -0.3 is 14.7 Å². The summed E-state index contributed by atoms with van der Waals surface area (Å²) in [6.45, 7) is 2.82. The summed E-state index contributed by atoms with van der Waals surface area (Å²) in [5.41, 5.74) is 2.01. The first-order valence-corrected chi connectivity index (χ1v) is 13.8. The Balaban J connectivity index is 1.29. The number of hydrogen-bond acceptors (Lipinski definition) is 5. The molecule has 5 aliphatic rings. The Morgan fingerprint density at radius 1 is 1.14 bits per heavy atom. The second kappa shape index (κ2) is 8.03. The molecule has 2 aromatic rings. The van der Waals surface area contributed by atoms with E-state index >= 15 is 0 Å². The number of benzene rings is 1. The van der Waals surface area contributed by atoms with Gasteiger partial charge >= 0.3 is 0 Å². The van der Waals surface area contributed by atoms with Crippen molar-refractivity contribution < 1.29 is 14.6 Å². The smallest absolute Gasteiger partial charge is 0.229 e. The van der Waals surface area contributed by atoms with Gasteiger partial charge in [-0.25, -0.2) is 0 Å². The number of piperidine rings is 1. The first-order chi connectivity index (χ1) is 17.5. The van der Waals surface area contributed by atoms with Gasteiger partial charge in [0.1, 0.15) is 5.75 Å². The van der Waals surface area contributed by atoms with E-state index in [9.17, 15) is 9.90 Å². The van der Waals surface area contributed by atoms with Crippen molar-refractivity contribution in [3.8, 4) is 5.75 Å². The Labute approximate surface area is 213 Å². The molecule has 190 valence electrons. The fourth-order valence-electron chi connectivity index (χ4n) is 7.99. The van der Waals surface area contributed by atoms with Crippen LogP contribution in [0.3, 0.4) is 0 Å². The fraction of sp³-hybridized carbons (Fsp3) is 0.600. The van der Waals surface area contributed by atoms with E-state index in [0.717, 1.165) is 62.6 Å². The first kappa shape index (κ1) is 22.7. The van der Waals surface area contributed by atoms with E-state index in [1.165, 1.54) is 24.0 Å². The number of aliphatic hydroxyl groups is 1. The maximum atomic E-state index is 13.7. The second-order valence-corrected chi connectivity index (χ2v) is 12.1. The molecule has 0 unspecified atom stereocenters. The normalized spacial score (nSPS) is 32.4. The summed E-state index contributed by atoms with van der Waals surface area (Å²) in [5, 5.41) is 13.0. The average Bonchev–Trinajstić information content (AvgIpc) is 3.80. The number of carbonyl (C=O) groups excluding carboxylic acids is 1. The van der Waals surface area contributed by atoms with Crippen molar-refractivity contribution in [3.63, 3.8) is 0 Å². The molecule has 1 N–H and O–H groups in total. The highest BCUT2D eigenvalue weighted by molar-refractivity contribution is 5.80. The molecule has 3 atom stereocenters. The minimum absolute atomic E-state index is 0.107. The molecule has 6 nitrogen and oxygen atoms in total. The minimum atomic E-state index is -0.851. The molecule has 4 fully saturated rings. The van der Waals surface area contributed by atoms with Gasteiger partial charge in [-0.05, 0) is 92.8 Å². The molecule has 3 aliphatic carbocycles. The zero-order valence-corrected chi connectivity index (χ0v) is 21.3. The molecule has 1 spiro atoms. The fourth-order valence-corrected chi connectivity index (χ4v) is 7.99. The van der Waals surface area contributed by atoms with Crippen LogP contribution in [0.15, 0.2) is 42.6 Å². The largest absolute Gasteiger partial charge is 0.497 e. The van der Waals surface area contributed by atoms with Crippen LogP contribution in [0.4, 0.5) is 0 Å². The highest BCUT2D eigenvalue weighted by Gasteiger charge is 2.69. The predicted molar refractivity (Wildman–Crippen MR) is 137 cm³/mol. The molecule has 2 saturated carbocycles. The van der Waals surface area contributed by atoms with E-state index < -0.39 is 5.60 Å². The molecule has 3 heterocycles. The molecule has 1 aromatic heterocycles. The Kier molecular flexibility index (Phi) is 5.07. The molecule has 1 amide bonds. The highest BCUT2D eigenvalue weighted by Crippen LogP contribution is 2.62. The lowest BCUT2D eigenvalue weighted by Crippen LogP contribution is -2.72. The van der Waals surface area contributed by atoms with Crippen LogP contribution in [0.2, 0.25) is 0 Å². The van der Waals surface area contributed by atoms with Crippen LogP contribution in [0.1, 0.15) is 61.8 Å². The van der Waals surface area contributed by atoms with Gasteiger partial charge in [0.2, 0.25) is 5.91 Å². The number of nitrogens with zero attached hydrogens (tertiary/aromatic N) is 3. The second-order valence-electron chi connectivity index (χ2n) is 12.1. The Morgan fingerprint density at radius 3 is 2.69 bits per heavy atom. The predicted octanol–water partition coefficient (Wildman–Crippen LogP) is 3.50. The summed E-state index contributed by atoms with van der Waals surface area (Å²) < 4.78 is 5.66. The van der Waals surface area contributed by atoms with Gasteiger partial charge in [0.15, 0.2) is 0 Å². The molecule has 2 bridgehead atoms. The van der Waals surface area contributed by atoms with Crippen LogP contribution in [0.25, 0.3) is 0 Å². The number of rotatable bonds is 5. The van der Waals surface area contributed by atoms with Gasteiger partial charge in [-0.3, -0.25) is 14.7 Å². The number of pyridine rings is 1. The molecule has 36 heavy (non-hydrogen) atoms. The molecule has 1 aromatic carbocycles. The van der Waals surface area contributed by atoms with Gasteiger partial charge in [-0.1, -0.05) is 12.1 Å². The SMILES string of the molecule is COc1ccc2c(c1)[C@]13CCN(CC4CC4)[C@H](C2)[C@]1(O)CC1(CC1)N(C(=O)Cc1ccccn1)CC3. The summed E-state index contributed by atoms with van der Waals surface area (Å²) in [4.78, 5) is 22.9. The number of aromatic nitrogens is 1. The van der Waals surface area contributed by atoms with E-state index in [1.807, 2.05) is 18.2 Å². The van der Waals surface area contributed by atoms with E-state index in [0.29, 0.717) is 19.4 Å². The summed E-state index contributed by atoms with van der Waals surface area (Å²) in [5.74, 6) is 1.80. The van der Waals surface area contributed by atoms with Crippen LogP contribution >= 0.6 is 0 Å². The van der Waals surface area contributed by atoms with Crippen molar-refractivity contribution >= 4 is 5.91 Å². The molecular formula is C30H37N3O3. The summed E-state index contributed by atoms with van der Waals surface area (Å²) in [7, 11) is 1.72. The van der Waals surface area contributed by atoms with E-state index in [-0.39, 0.29) is 22.9 Å². The lowest BCUT2D eigenvalue weighted by molar-refractivity contribution is -0.156. The third-order valence-electron chi connectivity index (χ3n) is 10.2. The number of ether oxygens (including phenoxy) is 1. The van der Waals surface area contributed by atoms with Crippen LogP contribution < -0.4 is 4.74 Å². The monoisotopic (exact) mass is 487 g/mol. The number of methoxy groups -OCH3 is 1. The Hall–Kier alpha value is -2.44. The van der Waals surface area contributed by atoms with Gasteiger partial charge in [-0.2, -0.15) is 0 Å². The van der Waals surface area contributed by atoms with Crippen molar-refractivity contribution in [2.45, 2.75) is 80.4 Å². The summed E-state index contributed by atoms with van der Waals surface area (Å²) >= 11 is 0. The zero-order valence-electron chi connectivity index (χ0n) is 21.3. The number of likely N-dealkylation sites (tertiary alicyclic amines) is 2. The minimum Gasteiger partial charge on any atom is -0.497 e. The van der Waals surface area contributed by atoms with E-state index in [4.69, 9.17) is 4.74 Å². The summed E-state index contributed by atoms with van der Waals surface area (Å²) in [6.07, 6.45) is 9.99. The van der Waals surface area contributed by atoms with Crippen molar-refractivity contribution in [3.05, 3.63) is 59.4 Å². The van der Waals surface area contributed by atoms with Gasteiger partial charge in [-0.15, -0.1) is 0 Å². The first-order valence-electron chi connectivity index (χ1n) is 13.8. The van der Waals surface area contributed by atoms with Crippen molar-refractivity contribution in [1.29, 1.82) is 0 Å². The Bertz CT molecular complexity index is 1180. The summed E-state index contributed by atoms with van der Waals surface area (Å²) in [6, 6.07) is 12.4. The van der Waals surface area contributed by atoms with Crippen LogP contribution in [-0.2, 0) is 23.1 Å². The molecule has 6 heteroatoms.